The zero-order chi connectivity index (χ0) is 19.9. The molecule has 5 heteroatoms. The third-order valence-corrected chi connectivity index (χ3v) is 4.19. The van der Waals surface area contributed by atoms with Crippen LogP contribution in [0.1, 0.15) is 26.3 Å². The molecule has 28 heavy (non-hydrogen) atoms. The van der Waals surface area contributed by atoms with Gasteiger partial charge in [0.2, 0.25) is 0 Å². The van der Waals surface area contributed by atoms with Crippen LogP contribution in [0.15, 0.2) is 72.8 Å². The van der Waals surface area contributed by atoms with Gasteiger partial charge in [-0.2, -0.15) is 0 Å². The highest BCUT2D eigenvalue weighted by Gasteiger charge is 2.09. The van der Waals surface area contributed by atoms with Crippen molar-refractivity contribution in [3.8, 4) is 11.5 Å². The smallest absolute Gasteiger partial charge is 0.255 e. The highest BCUT2D eigenvalue weighted by Crippen LogP contribution is 2.18. The van der Waals surface area contributed by atoms with Gasteiger partial charge in [0.05, 0.1) is 7.11 Å². The summed E-state index contributed by atoms with van der Waals surface area (Å²) in [7, 11) is 1.55. The first-order chi connectivity index (χ1) is 13.5. The molecule has 0 aromatic heterocycles. The van der Waals surface area contributed by atoms with Gasteiger partial charge in [-0.1, -0.05) is 29.8 Å². The van der Waals surface area contributed by atoms with Crippen molar-refractivity contribution in [3.05, 3.63) is 89.5 Å². The number of hydrogen-bond acceptors (Lipinski definition) is 4. The SMILES string of the molecule is COc1cccc(C(=O)COc2ccc(NC(=O)c3ccc(C)cc3)cc2)c1. The molecule has 0 atom stereocenters. The summed E-state index contributed by atoms with van der Waals surface area (Å²) < 4.78 is 10.7. The molecule has 0 saturated carbocycles. The number of ether oxygens (including phenoxy) is 2. The summed E-state index contributed by atoms with van der Waals surface area (Å²) in [6.45, 7) is 1.89. The molecule has 142 valence electrons. The van der Waals surface area contributed by atoms with Crippen molar-refractivity contribution in [2.75, 3.05) is 19.0 Å². The molecule has 3 aromatic rings. The average molecular weight is 375 g/mol. The Bertz CT molecular complexity index is 963. The third-order valence-electron chi connectivity index (χ3n) is 4.19. The average Bonchev–Trinajstić information content (AvgIpc) is 2.73. The van der Waals surface area contributed by atoms with Crippen LogP contribution in [0.25, 0.3) is 0 Å². The maximum atomic E-state index is 12.2. The van der Waals surface area contributed by atoms with Crippen LogP contribution in [0.3, 0.4) is 0 Å². The first kappa shape index (κ1) is 19.2. The summed E-state index contributed by atoms with van der Waals surface area (Å²) in [5.74, 6) is 0.849. The second kappa shape index (κ2) is 8.86. The molecule has 0 bridgehead atoms. The first-order valence-electron chi connectivity index (χ1n) is 8.83. The summed E-state index contributed by atoms with van der Waals surface area (Å²) >= 11 is 0. The highest BCUT2D eigenvalue weighted by atomic mass is 16.5. The van der Waals surface area contributed by atoms with Crippen molar-refractivity contribution in [1.29, 1.82) is 0 Å². The Hall–Kier alpha value is -3.60. The maximum Gasteiger partial charge on any atom is 0.255 e. The van der Waals surface area contributed by atoms with E-state index in [1.807, 2.05) is 19.1 Å². The fourth-order valence-electron chi connectivity index (χ4n) is 2.57. The van der Waals surface area contributed by atoms with Crippen LogP contribution in [0, 0.1) is 6.92 Å². The second-order valence-corrected chi connectivity index (χ2v) is 6.29. The Balaban J connectivity index is 1.56. The molecule has 5 nitrogen and oxygen atoms in total. The minimum absolute atomic E-state index is 0.0811. The maximum absolute atomic E-state index is 12.2. The topological polar surface area (TPSA) is 64.6 Å². The van der Waals surface area contributed by atoms with Gasteiger partial charge in [0, 0.05) is 16.8 Å². The van der Waals surface area contributed by atoms with Gasteiger partial charge >= 0.3 is 0 Å². The molecule has 0 aliphatic carbocycles. The number of carbonyl (C=O) groups excluding carboxylic acids is 2. The van der Waals surface area contributed by atoms with Gasteiger partial charge in [-0.15, -0.1) is 0 Å². The van der Waals surface area contributed by atoms with Gasteiger partial charge in [-0.25, -0.2) is 0 Å². The van der Waals surface area contributed by atoms with Crippen molar-refractivity contribution in [2.24, 2.45) is 0 Å². The van der Waals surface area contributed by atoms with Crippen LogP contribution in [-0.4, -0.2) is 25.4 Å². The number of ketones is 1. The van der Waals surface area contributed by atoms with Crippen LogP contribution in [-0.2, 0) is 0 Å². The van der Waals surface area contributed by atoms with E-state index in [-0.39, 0.29) is 18.3 Å². The Kier molecular flexibility index (Phi) is 6.07. The molecule has 0 aliphatic heterocycles. The Morgan fingerprint density at radius 3 is 2.25 bits per heavy atom. The summed E-state index contributed by atoms with van der Waals surface area (Å²) in [4.78, 5) is 24.5. The quantitative estimate of drug-likeness (QED) is 0.617. The van der Waals surface area contributed by atoms with Gasteiger partial charge < -0.3 is 14.8 Å². The molecule has 0 spiro atoms. The summed E-state index contributed by atoms with van der Waals surface area (Å²) in [5.41, 5.74) is 2.87. The number of rotatable bonds is 7. The largest absolute Gasteiger partial charge is 0.497 e. The molecular weight excluding hydrogens is 354 g/mol. The van der Waals surface area contributed by atoms with Gasteiger partial charge in [-0.3, -0.25) is 9.59 Å². The molecule has 3 rings (SSSR count). The molecule has 1 amide bonds. The van der Waals surface area contributed by atoms with E-state index in [2.05, 4.69) is 5.32 Å². The van der Waals surface area contributed by atoms with Gasteiger partial charge in [0.15, 0.2) is 12.4 Å². The van der Waals surface area contributed by atoms with E-state index in [1.54, 1.807) is 67.8 Å². The lowest BCUT2D eigenvalue weighted by molar-refractivity contribution is 0.0921. The van der Waals surface area contributed by atoms with Crippen molar-refractivity contribution < 1.29 is 19.1 Å². The number of anilines is 1. The number of amides is 1. The number of Topliss-reactive ketones (excluding diaryl/α,β-unsaturated/α-hetero) is 1. The minimum Gasteiger partial charge on any atom is -0.497 e. The predicted octanol–water partition coefficient (Wildman–Crippen LogP) is 4.52. The van der Waals surface area contributed by atoms with Gasteiger partial charge in [-0.05, 0) is 55.5 Å². The van der Waals surface area contributed by atoms with E-state index in [0.29, 0.717) is 28.3 Å². The summed E-state index contributed by atoms with van der Waals surface area (Å²) in [5, 5.41) is 2.83. The van der Waals surface area contributed by atoms with Crippen molar-refractivity contribution in [1.82, 2.24) is 0 Å². The second-order valence-electron chi connectivity index (χ2n) is 6.29. The van der Waals surface area contributed by atoms with Crippen LogP contribution in [0.5, 0.6) is 11.5 Å². The Labute approximate surface area is 163 Å². The number of nitrogens with one attached hydrogen (secondary N) is 1. The third kappa shape index (κ3) is 4.98. The van der Waals surface area contributed by atoms with Crippen LogP contribution < -0.4 is 14.8 Å². The van der Waals surface area contributed by atoms with Crippen molar-refractivity contribution >= 4 is 17.4 Å². The first-order valence-corrected chi connectivity index (χ1v) is 8.83. The Morgan fingerprint density at radius 1 is 0.857 bits per heavy atom. The van der Waals surface area contributed by atoms with Gasteiger partial charge in [0.1, 0.15) is 11.5 Å². The van der Waals surface area contributed by atoms with E-state index < -0.39 is 0 Å². The lowest BCUT2D eigenvalue weighted by Gasteiger charge is -2.09. The molecule has 0 radical (unpaired) electrons. The van der Waals surface area contributed by atoms with Crippen LogP contribution >= 0.6 is 0 Å². The molecular formula is C23H21NO4. The normalized spacial score (nSPS) is 10.2. The predicted molar refractivity (Wildman–Crippen MR) is 108 cm³/mol. The number of methoxy groups -OCH3 is 1. The van der Waals surface area contributed by atoms with E-state index in [1.165, 1.54) is 0 Å². The Morgan fingerprint density at radius 2 is 1.57 bits per heavy atom. The molecule has 0 heterocycles. The van der Waals surface area contributed by atoms with Crippen molar-refractivity contribution in [3.63, 3.8) is 0 Å². The molecule has 0 aliphatic rings. The zero-order valence-electron chi connectivity index (χ0n) is 15.8. The monoisotopic (exact) mass is 375 g/mol. The summed E-state index contributed by atoms with van der Waals surface area (Å²) in [6.07, 6.45) is 0. The lowest BCUT2D eigenvalue weighted by atomic mass is 10.1. The fraction of sp³-hybridized carbons (Fsp3) is 0.130. The molecule has 3 aromatic carbocycles. The number of aryl methyl sites for hydroxylation is 1. The van der Waals surface area contributed by atoms with Gasteiger partial charge in [0.25, 0.3) is 5.91 Å². The minimum atomic E-state index is -0.179. The summed E-state index contributed by atoms with van der Waals surface area (Å²) in [6, 6.07) is 21.2. The molecule has 0 fully saturated rings. The van der Waals surface area contributed by atoms with E-state index >= 15 is 0 Å². The van der Waals surface area contributed by atoms with Crippen molar-refractivity contribution in [2.45, 2.75) is 6.92 Å². The van der Waals surface area contributed by atoms with E-state index in [4.69, 9.17) is 9.47 Å². The lowest BCUT2D eigenvalue weighted by Crippen LogP contribution is -2.12. The van der Waals surface area contributed by atoms with Crippen LogP contribution in [0.2, 0.25) is 0 Å². The van der Waals surface area contributed by atoms with Crippen LogP contribution in [0.4, 0.5) is 5.69 Å². The zero-order valence-corrected chi connectivity index (χ0v) is 15.8. The number of carbonyl (C=O) groups is 2. The molecule has 0 unspecified atom stereocenters. The molecule has 1 N–H and O–H groups in total. The standard InChI is InChI=1S/C23H21NO4/c1-16-6-8-17(9-7-16)23(26)24-19-10-12-20(13-11-19)28-15-22(25)18-4-3-5-21(14-18)27-2/h3-14H,15H2,1-2H3,(H,24,26). The molecule has 0 saturated heterocycles. The number of hydrogen-bond donors (Lipinski definition) is 1. The number of benzene rings is 3. The highest BCUT2D eigenvalue weighted by molar-refractivity contribution is 6.04. The van der Waals surface area contributed by atoms with E-state index in [0.717, 1.165) is 5.56 Å². The fourth-order valence-corrected chi connectivity index (χ4v) is 2.57. The van der Waals surface area contributed by atoms with E-state index in [9.17, 15) is 9.59 Å².